The van der Waals surface area contributed by atoms with Gasteiger partial charge in [-0.2, -0.15) is 0 Å². The fraction of sp³-hybridized carbons (Fsp3) is 0.455. The van der Waals surface area contributed by atoms with E-state index in [1.807, 2.05) is 18.5 Å². The van der Waals surface area contributed by atoms with Gasteiger partial charge in [0.15, 0.2) is 5.58 Å². The van der Waals surface area contributed by atoms with Gasteiger partial charge in [-0.1, -0.05) is 23.9 Å². The summed E-state index contributed by atoms with van der Waals surface area (Å²) in [7, 11) is 2.05. The molecule has 0 aliphatic carbocycles. The number of hydrogen-bond donors (Lipinski definition) is 0. The number of hydrogen-bond acceptors (Lipinski definition) is 5. The smallest absolute Gasteiger partial charge is 0.167 e. The lowest BCUT2D eigenvalue weighted by atomic mass is 9.91. The van der Waals surface area contributed by atoms with Crippen molar-refractivity contribution in [3.63, 3.8) is 0 Å². The number of para-hydroxylation sites is 1. The van der Waals surface area contributed by atoms with Gasteiger partial charge in [0.2, 0.25) is 0 Å². The Balaban J connectivity index is 1.17. The van der Waals surface area contributed by atoms with Gasteiger partial charge in [-0.25, -0.2) is 4.98 Å². The van der Waals surface area contributed by atoms with Gasteiger partial charge in [0.05, 0.1) is 29.1 Å². The highest BCUT2D eigenvalue weighted by Gasteiger charge is 2.27. The molecular weight excluding hydrogens is 350 g/mol. The Morgan fingerprint density at radius 3 is 2.82 bits per heavy atom. The molecule has 0 saturated carbocycles. The van der Waals surface area contributed by atoms with Crippen molar-refractivity contribution in [2.75, 3.05) is 32.7 Å². The topological polar surface area (TPSA) is 50.3 Å². The molecule has 4 heterocycles. The van der Waals surface area contributed by atoms with Crippen LogP contribution in [0, 0.1) is 0 Å². The number of likely N-dealkylation sites (tertiary alicyclic amines) is 1. The summed E-state index contributed by atoms with van der Waals surface area (Å²) >= 11 is 0. The predicted molar refractivity (Wildman–Crippen MR) is 110 cm³/mol. The molecule has 3 aromatic rings. The van der Waals surface area contributed by atoms with Crippen LogP contribution >= 0.6 is 0 Å². The van der Waals surface area contributed by atoms with E-state index in [0.29, 0.717) is 5.92 Å². The molecule has 2 aliphatic heterocycles. The fourth-order valence-electron chi connectivity index (χ4n) is 4.70. The maximum absolute atomic E-state index is 5.51. The number of fused-ring (bicyclic) bond motifs is 2. The largest absolute Gasteiger partial charge is 0.369 e. The van der Waals surface area contributed by atoms with Crippen molar-refractivity contribution in [3.05, 3.63) is 54.3 Å². The van der Waals surface area contributed by atoms with Crippen LogP contribution in [0.4, 0.5) is 0 Å². The molecule has 0 bridgehead atoms. The molecule has 0 N–H and O–H groups in total. The molecule has 1 aromatic carbocycles. The minimum atomic E-state index is 0.502. The summed E-state index contributed by atoms with van der Waals surface area (Å²) in [5, 5.41) is 5.55. The summed E-state index contributed by atoms with van der Waals surface area (Å²) in [6.07, 6.45) is 5.20. The maximum Gasteiger partial charge on any atom is 0.167 e. The average molecular weight is 377 g/mol. The van der Waals surface area contributed by atoms with Crippen LogP contribution < -0.4 is 0 Å². The number of piperidine rings is 1. The minimum absolute atomic E-state index is 0.502. The molecule has 0 spiro atoms. The summed E-state index contributed by atoms with van der Waals surface area (Å²) in [6, 6.07) is 8.20. The van der Waals surface area contributed by atoms with Crippen LogP contribution in [-0.4, -0.2) is 57.2 Å². The third kappa shape index (κ3) is 3.02. The number of imidazole rings is 1. The lowest BCUT2D eigenvalue weighted by Crippen LogP contribution is -2.40. The van der Waals surface area contributed by atoms with Gasteiger partial charge in [0, 0.05) is 44.4 Å². The molecule has 6 nitrogen and oxygen atoms in total. The zero-order chi connectivity index (χ0) is 19.1. The molecule has 0 radical (unpaired) electrons. The van der Waals surface area contributed by atoms with Crippen molar-refractivity contribution in [1.29, 1.82) is 0 Å². The van der Waals surface area contributed by atoms with Crippen LogP contribution in [0.2, 0.25) is 0 Å². The Kier molecular flexibility index (Phi) is 4.43. The van der Waals surface area contributed by atoms with Gasteiger partial charge in [0.1, 0.15) is 0 Å². The molecule has 1 saturated heterocycles. The third-order valence-electron chi connectivity index (χ3n) is 6.35. The molecule has 2 aliphatic rings. The highest BCUT2D eigenvalue weighted by atomic mass is 16.5. The molecule has 0 atom stereocenters. The second-order valence-electron chi connectivity index (χ2n) is 8.01. The van der Waals surface area contributed by atoms with E-state index in [0.717, 1.165) is 69.0 Å². The Labute approximate surface area is 165 Å². The second kappa shape index (κ2) is 7.09. The first kappa shape index (κ1) is 17.5. The number of aromatic nitrogens is 3. The van der Waals surface area contributed by atoms with Gasteiger partial charge in [-0.3, -0.25) is 0 Å². The first-order chi connectivity index (χ1) is 13.7. The molecule has 0 unspecified atom stereocenters. The van der Waals surface area contributed by atoms with Crippen molar-refractivity contribution < 1.29 is 4.52 Å². The van der Waals surface area contributed by atoms with Crippen molar-refractivity contribution in [3.8, 4) is 0 Å². The summed E-state index contributed by atoms with van der Waals surface area (Å²) in [4.78, 5) is 9.49. The van der Waals surface area contributed by atoms with Crippen LogP contribution in [0.1, 0.15) is 35.8 Å². The number of nitrogens with zero attached hydrogens (tertiary/aromatic N) is 5. The first-order valence-electron chi connectivity index (χ1n) is 10.2. The van der Waals surface area contributed by atoms with Crippen LogP contribution in [0.15, 0.2) is 41.7 Å². The normalized spacial score (nSPS) is 18.8. The number of benzene rings is 1. The summed E-state index contributed by atoms with van der Waals surface area (Å²) in [5.41, 5.74) is 5.54. The molecule has 146 valence electrons. The van der Waals surface area contributed by atoms with Gasteiger partial charge in [-0.15, -0.1) is 0 Å². The van der Waals surface area contributed by atoms with E-state index in [1.165, 1.54) is 16.8 Å². The van der Waals surface area contributed by atoms with E-state index in [2.05, 4.69) is 50.3 Å². The fourth-order valence-corrected chi connectivity index (χ4v) is 4.70. The molecule has 0 amide bonds. The van der Waals surface area contributed by atoms with Gasteiger partial charge in [-0.05, 0) is 38.1 Å². The zero-order valence-corrected chi connectivity index (χ0v) is 16.5. The van der Waals surface area contributed by atoms with Crippen molar-refractivity contribution in [2.45, 2.75) is 25.2 Å². The Hall–Kier alpha value is -2.60. The highest BCUT2D eigenvalue weighted by Crippen LogP contribution is 2.32. The van der Waals surface area contributed by atoms with E-state index in [-0.39, 0.29) is 0 Å². The molecular formula is C22H27N5O. The van der Waals surface area contributed by atoms with Crippen molar-refractivity contribution >= 4 is 16.7 Å². The third-order valence-corrected chi connectivity index (χ3v) is 6.35. The van der Waals surface area contributed by atoms with Crippen LogP contribution in [0.25, 0.3) is 16.7 Å². The quantitative estimate of drug-likeness (QED) is 0.698. The predicted octanol–water partition coefficient (Wildman–Crippen LogP) is 3.27. The Bertz CT molecular complexity index is 995. The van der Waals surface area contributed by atoms with Gasteiger partial charge >= 0.3 is 0 Å². The van der Waals surface area contributed by atoms with Crippen molar-refractivity contribution in [1.82, 2.24) is 24.5 Å². The SMILES string of the molecule is C=C1c2c(ncn2C)CCN1CCN1CCC(c2noc3ccccc23)CC1. The molecule has 1 fully saturated rings. The van der Waals surface area contributed by atoms with E-state index in [9.17, 15) is 0 Å². The standard InChI is InChI=1S/C22H27N5O/c1-16-22-19(23-15-25(22)2)9-12-27(16)14-13-26-10-7-17(8-11-26)21-18-5-3-4-6-20(18)28-24-21/h3-6,15,17H,1,7-14H2,2H3. The van der Waals surface area contributed by atoms with Crippen LogP contribution in [-0.2, 0) is 13.5 Å². The summed E-state index contributed by atoms with van der Waals surface area (Å²) in [5.74, 6) is 0.502. The van der Waals surface area contributed by atoms with Crippen molar-refractivity contribution in [2.24, 2.45) is 7.05 Å². The van der Waals surface area contributed by atoms with Gasteiger partial charge in [0.25, 0.3) is 0 Å². The Morgan fingerprint density at radius 1 is 1.14 bits per heavy atom. The number of aryl methyl sites for hydroxylation is 1. The molecule has 6 heteroatoms. The first-order valence-corrected chi connectivity index (χ1v) is 10.2. The van der Waals surface area contributed by atoms with Gasteiger partial charge < -0.3 is 18.9 Å². The Morgan fingerprint density at radius 2 is 1.96 bits per heavy atom. The van der Waals surface area contributed by atoms with E-state index < -0.39 is 0 Å². The summed E-state index contributed by atoms with van der Waals surface area (Å²) in [6.45, 7) is 9.69. The lowest BCUT2D eigenvalue weighted by molar-refractivity contribution is 0.191. The molecule has 2 aromatic heterocycles. The molecule has 28 heavy (non-hydrogen) atoms. The summed E-state index contributed by atoms with van der Waals surface area (Å²) < 4.78 is 7.61. The number of rotatable bonds is 4. The van der Waals surface area contributed by atoms with Crippen LogP contribution in [0.3, 0.4) is 0 Å². The second-order valence-corrected chi connectivity index (χ2v) is 8.01. The van der Waals surface area contributed by atoms with E-state index in [1.54, 1.807) is 0 Å². The highest BCUT2D eigenvalue weighted by molar-refractivity contribution is 5.79. The molecule has 5 rings (SSSR count). The van der Waals surface area contributed by atoms with E-state index in [4.69, 9.17) is 4.52 Å². The lowest BCUT2D eigenvalue weighted by Gasteiger charge is -2.35. The monoisotopic (exact) mass is 377 g/mol. The maximum atomic E-state index is 5.51. The zero-order valence-electron chi connectivity index (χ0n) is 16.5. The minimum Gasteiger partial charge on any atom is -0.369 e. The van der Waals surface area contributed by atoms with E-state index >= 15 is 0 Å². The average Bonchev–Trinajstić information content (AvgIpc) is 3.32. The van der Waals surface area contributed by atoms with Crippen LogP contribution in [0.5, 0.6) is 0 Å².